The highest BCUT2D eigenvalue weighted by atomic mass is 15.3. The Morgan fingerprint density at radius 1 is 1.20 bits per heavy atom. The van der Waals surface area contributed by atoms with E-state index in [0.717, 1.165) is 6.54 Å². The molecule has 1 saturated heterocycles. The third kappa shape index (κ3) is 2.91. The van der Waals surface area contributed by atoms with Gasteiger partial charge in [-0.1, -0.05) is 49.6 Å². The summed E-state index contributed by atoms with van der Waals surface area (Å²) in [5.41, 5.74) is 3.24. The molecule has 3 rings (SSSR count). The first-order valence-corrected chi connectivity index (χ1v) is 8.25. The number of nitrogens with one attached hydrogen (secondary N) is 1. The van der Waals surface area contributed by atoms with Gasteiger partial charge in [-0.05, 0) is 31.7 Å². The number of nitrogens with zero attached hydrogens (tertiary/aromatic N) is 1. The minimum atomic E-state index is 0.427. The van der Waals surface area contributed by atoms with E-state index in [4.69, 9.17) is 0 Å². The third-order valence-electron chi connectivity index (χ3n) is 5.27. The molecule has 1 saturated carbocycles. The molecular formula is C18H28N2. The Balaban J connectivity index is 1.72. The molecule has 1 spiro atoms. The number of aryl methyl sites for hydroxylation is 1. The lowest BCUT2D eigenvalue weighted by atomic mass is 9.91. The summed E-state index contributed by atoms with van der Waals surface area (Å²) < 4.78 is 0. The van der Waals surface area contributed by atoms with E-state index in [-0.39, 0.29) is 0 Å². The van der Waals surface area contributed by atoms with E-state index in [0.29, 0.717) is 11.6 Å². The summed E-state index contributed by atoms with van der Waals surface area (Å²) in [6.45, 7) is 8.00. The summed E-state index contributed by atoms with van der Waals surface area (Å²) in [6, 6.07) is 9.77. The molecule has 1 aliphatic carbocycles. The van der Waals surface area contributed by atoms with Crippen molar-refractivity contribution in [2.75, 3.05) is 13.1 Å². The fourth-order valence-electron chi connectivity index (χ4n) is 3.94. The molecule has 1 unspecified atom stereocenters. The molecule has 1 N–H and O–H groups in total. The minimum Gasteiger partial charge on any atom is -0.308 e. The number of rotatable bonds is 3. The molecule has 1 heterocycles. The molecule has 0 bridgehead atoms. The smallest absolute Gasteiger partial charge is 0.0309 e. The second kappa shape index (κ2) is 5.87. The Kier molecular flexibility index (Phi) is 4.13. The summed E-state index contributed by atoms with van der Waals surface area (Å²) in [4.78, 5) is 2.73. The maximum Gasteiger partial charge on any atom is 0.0309 e. The van der Waals surface area contributed by atoms with Crippen LogP contribution in [0.1, 0.15) is 50.2 Å². The number of hydrogen-bond acceptors (Lipinski definition) is 2. The molecule has 1 atom stereocenters. The highest BCUT2D eigenvalue weighted by molar-refractivity contribution is 5.21. The first-order chi connectivity index (χ1) is 9.71. The van der Waals surface area contributed by atoms with E-state index in [2.05, 4.69) is 48.3 Å². The van der Waals surface area contributed by atoms with Crippen LogP contribution >= 0.6 is 0 Å². The van der Waals surface area contributed by atoms with Crippen LogP contribution < -0.4 is 5.32 Å². The number of benzene rings is 1. The lowest BCUT2D eigenvalue weighted by Crippen LogP contribution is -2.62. The van der Waals surface area contributed by atoms with Crippen molar-refractivity contribution in [3.8, 4) is 0 Å². The van der Waals surface area contributed by atoms with Crippen LogP contribution in [0.4, 0.5) is 0 Å². The Labute approximate surface area is 123 Å². The van der Waals surface area contributed by atoms with Gasteiger partial charge in [-0.25, -0.2) is 0 Å². The van der Waals surface area contributed by atoms with Crippen LogP contribution in [0.5, 0.6) is 0 Å². The molecule has 2 fully saturated rings. The molecule has 2 heteroatoms. The predicted octanol–water partition coefficient (Wildman–Crippen LogP) is 3.49. The molecule has 0 aromatic heterocycles. The van der Waals surface area contributed by atoms with Gasteiger partial charge in [0.15, 0.2) is 0 Å². The second-order valence-electron chi connectivity index (χ2n) is 6.82. The average Bonchev–Trinajstić information content (AvgIpc) is 2.90. The van der Waals surface area contributed by atoms with Gasteiger partial charge >= 0.3 is 0 Å². The first-order valence-electron chi connectivity index (χ1n) is 8.25. The SMILES string of the molecule is CCC1CNC2(CCCC2)CN1Cc1ccc(C)cc1. The van der Waals surface area contributed by atoms with Gasteiger partial charge in [-0.2, -0.15) is 0 Å². The van der Waals surface area contributed by atoms with E-state index in [9.17, 15) is 0 Å². The fourth-order valence-corrected chi connectivity index (χ4v) is 3.94. The lowest BCUT2D eigenvalue weighted by molar-refractivity contribution is 0.0718. The first kappa shape index (κ1) is 14.1. The van der Waals surface area contributed by atoms with Crippen molar-refractivity contribution >= 4 is 0 Å². The molecule has 110 valence electrons. The molecule has 20 heavy (non-hydrogen) atoms. The Morgan fingerprint density at radius 2 is 1.90 bits per heavy atom. The van der Waals surface area contributed by atoms with Crippen molar-refractivity contribution in [3.05, 3.63) is 35.4 Å². The van der Waals surface area contributed by atoms with E-state index in [1.165, 1.54) is 56.3 Å². The topological polar surface area (TPSA) is 15.3 Å². The summed E-state index contributed by atoms with van der Waals surface area (Å²) in [5, 5.41) is 3.88. The Morgan fingerprint density at radius 3 is 2.55 bits per heavy atom. The standard InChI is InChI=1S/C18H28N2/c1-3-17-12-19-18(10-4-5-11-18)14-20(17)13-16-8-6-15(2)7-9-16/h6-9,17,19H,3-5,10-14H2,1-2H3. The molecule has 1 aromatic carbocycles. The van der Waals surface area contributed by atoms with Crippen molar-refractivity contribution in [1.82, 2.24) is 10.2 Å². The molecule has 0 radical (unpaired) electrons. The van der Waals surface area contributed by atoms with Crippen molar-refractivity contribution in [3.63, 3.8) is 0 Å². The minimum absolute atomic E-state index is 0.427. The average molecular weight is 272 g/mol. The van der Waals surface area contributed by atoms with Crippen LogP contribution in [0.15, 0.2) is 24.3 Å². The van der Waals surface area contributed by atoms with Crippen LogP contribution in [-0.2, 0) is 6.54 Å². The van der Waals surface area contributed by atoms with Crippen molar-refractivity contribution < 1.29 is 0 Å². The lowest BCUT2D eigenvalue weighted by Gasteiger charge is -2.46. The van der Waals surface area contributed by atoms with Crippen LogP contribution in [0.2, 0.25) is 0 Å². The van der Waals surface area contributed by atoms with Crippen LogP contribution in [-0.4, -0.2) is 29.6 Å². The highest BCUT2D eigenvalue weighted by Gasteiger charge is 2.40. The molecular weight excluding hydrogens is 244 g/mol. The maximum atomic E-state index is 3.88. The molecule has 1 aromatic rings. The molecule has 2 nitrogen and oxygen atoms in total. The second-order valence-corrected chi connectivity index (χ2v) is 6.82. The van der Waals surface area contributed by atoms with Crippen LogP contribution in [0.3, 0.4) is 0 Å². The van der Waals surface area contributed by atoms with Gasteiger partial charge in [0.25, 0.3) is 0 Å². The Hall–Kier alpha value is -0.860. The van der Waals surface area contributed by atoms with E-state index in [1.807, 2.05) is 0 Å². The van der Waals surface area contributed by atoms with Crippen molar-refractivity contribution in [2.24, 2.45) is 0 Å². The van der Waals surface area contributed by atoms with Gasteiger partial charge in [0.2, 0.25) is 0 Å². The largest absolute Gasteiger partial charge is 0.308 e. The molecule has 0 amide bonds. The quantitative estimate of drug-likeness (QED) is 0.906. The summed E-state index contributed by atoms with van der Waals surface area (Å²) in [5.74, 6) is 0. The number of piperazine rings is 1. The summed E-state index contributed by atoms with van der Waals surface area (Å²) >= 11 is 0. The molecule has 1 aliphatic heterocycles. The summed E-state index contributed by atoms with van der Waals surface area (Å²) in [7, 11) is 0. The van der Waals surface area contributed by atoms with Crippen molar-refractivity contribution in [1.29, 1.82) is 0 Å². The number of hydrogen-bond donors (Lipinski definition) is 1. The zero-order valence-corrected chi connectivity index (χ0v) is 13.0. The molecule has 2 aliphatic rings. The Bertz CT molecular complexity index is 431. The highest BCUT2D eigenvalue weighted by Crippen LogP contribution is 2.34. The fraction of sp³-hybridized carbons (Fsp3) is 0.667. The normalized spacial score (nSPS) is 26.2. The van der Waals surface area contributed by atoms with Gasteiger partial charge in [0.05, 0.1) is 0 Å². The van der Waals surface area contributed by atoms with E-state index in [1.54, 1.807) is 0 Å². The van der Waals surface area contributed by atoms with Crippen LogP contribution in [0.25, 0.3) is 0 Å². The van der Waals surface area contributed by atoms with E-state index >= 15 is 0 Å². The van der Waals surface area contributed by atoms with Crippen LogP contribution in [0, 0.1) is 6.92 Å². The van der Waals surface area contributed by atoms with Gasteiger partial charge in [-0.3, -0.25) is 4.90 Å². The zero-order chi connectivity index (χ0) is 14.0. The monoisotopic (exact) mass is 272 g/mol. The van der Waals surface area contributed by atoms with Gasteiger partial charge < -0.3 is 5.32 Å². The van der Waals surface area contributed by atoms with Gasteiger partial charge in [0.1, 0.15) is 0 Å². The summed E-state index contributed by atoms with van der Waals surface area (Å²) in [6.07, 6.45) is 6.79. The van der Waals surface area contributed by atoms with E-state index < -0.39 is 0 Å². The third-order valence-corrected chi connectivity index (χ3v) is 5.27. The van der Waals surface area contributed by atoms with Crippen molar-refractivity contribution in [2.45, 2.75) is 64.1 Å². The predicted molar refractivity (Wildman–Crippen MR) is 84.9 cm³/mol. The van der Waals surface area contributed by atoms with Gasteiger partial charge in [-0.15, -0.1) is 0 Å². The maximum absolute atomic E-state index is 3.88. The van der Waals surface area contributed by atoms with Gasteiger partial charge in [0, 0.05) is 31.2 Å². The zero-order valence-electron chi connectivity index (χ0n) is 13.0.